The number of hydrogen-bond acceptors (Lipinski definition) is 2. The minimum atomic E-state index is -1.10. The van der Waals surface area contributed by atoms with E-state index >= 15 is 0 Å². The van der Waals surface area contributed by atoms with Gasteiger partial charge >= 0.3 is 0 Å². The Labute approximate surface area is 128 Å². The van der Waals surface area contributed by atoms with Crippen LogP contribution < -0.4 is 0 Å². The zero-order chi connectivity index (χ0) is 15.5. The molecule has 3 heteroatoms. The second-order valence-corrected chi connectivity index (χ2v) is 6.89. The Balaban J connectivity index is 2.03. The van der Waals surface area contributed by atoms with E-state index < -0.39 is 5.60 Å². The van der Waals surface area contributed by atoms with Crippen molar-refractivity contribution in [3.8, 4) is 0 Å². The van der Waals surface area contributed by atoms with E-state index in [2.05, 4.69) is 13.8 Å². The van der Waals surface area contributed by atoms with Gasteiger partial charge in [-0.3, -0.25) is 4.79 Å². The summed E-state index contributed by atoms with van der Waals surface area (Å²) in [6.45, 7) is 7.81. The first-order valence-corrected chi connectivity index (χ1v) is 7.94. The van der Waals surface area contributed by atoms with Crippen molar-refractivity contribution in [1.29, 1.82) is 0 Å². The van der Waals surface area contributed by atoms with Crippen LogP contribution in [0.4, 0.5) is 0 Å². The van der Waals surface area contributed by atoms with Gasteiger partial charge in [-0.2, -0.15) is 0 Å². The van der Waals surface area contributed by atoms with E-state index in [4.69, 9.17) is 0 Å². The summed E-state index contributed by atoms with van der Waals surface area (Å²) in [5.41, 5.74) is -0.297. The summed E-state index contributed by atoms with van der Waals surface area (Å²) in [7, 11) is 0. The van der Waals surface area contributed by atoms with E-state index in [1.807, 2.05) is 35.2 Å². The van der Waals surface area contributed by atoms with E-state index in [1.165, 1.54) is 6.42 Å². The molecule has 3 unspecified atom stereocenters. The van der Waals surface area contributed by atoms with Gasteiger partial charge in [0, 0.05) is 13.1 Å². The molecular formula is C18H27NO2. The van der Waals surface area contributed by atoms with Gasteiger partial charge < -0.3 is 10.0 Å². The molecule has 1 aliphatic heterocycles. The molecule has 0 saturated carbocycles. The fourth-order valence-electron chi connectivity index (χ4n) is 3.26. The number of aliphatic hydroxyl groups is 1. The number of carbonyl (C=O) groups excluding carboxylic acids is 1. The van der Waals surface area contributed by atoms with E-state index in [0.29, 0.717) is 11.8 Å². The van der Waals surface area contributed by atoms with Gasteiger partial charge in [0.1, 0.15) is 0 Å². The lowest BCUT2D eigenvalue weighted by atomic mass is 9.92. The molecule has 1 aliphatic rings. The Morgan fingerprint density at radius 3 is 2.62 bits per heavy atom. The van der Waals surface area contributed by atoms with Crippen LogP contribution in [0.1, 0.15) is 45.6 Å². The van der Waals surface area contributed by atoms with E-state index in [0.717, 1.165) is 25.1 Å². The van der Waals surface area contributed by atoms with E-state index in [1.54, 1.807) is 6.92 Å². The van der Waals surface area contributed by atoms with E-state index in [-0.39, 0.29) is 12.3 Å². The number of likely N-dealkylation sites (tertiary alicyclic amines) is 1. The molecule has 3 atom stereocenters. The van der Waals surface area contributed by atoms with Gasteiger partial charge in [0.15, 0.2) is 0 Å². The molecule has 3 nitrogen and oxygen atoms in total. The monoisotopic (exact) mass is 289 g/mol. The third-order valence-electron chi connectivity index (χ3n) is 4.47. The van der Waals surface area contributed by atoms with Crippen LogP contribution >= 0.6 is 0 Å². The lowest BCUT2D eigenvalue weighted by Gasteiger charge is -2.29. The predicted molar refractivity (Wildman–Crippen MR) is 84.8 cm³/mol. The summed E-state index contributed by atoms with van der Waals surface area (Å²) in [6.07, 6.45) is 2.39. The molecule has 2 rings (SSSR count). The number of benzene rings is 1. The zero-order valence-electron chi connectivity index (χ0n) is 13.4. The second kappa shape index (κ2) is 6.61. The molecule has 1 heterocycles. The van der Waals surface area contributed by atoms with Crippen molar-refractivity contribution in [2.24, 2.45) is 11.8 Å². The number of hydrogen-bond donors (Lipinski definition) is 1. The molecule has 116 valence electrons. The molecule has 1 saturated heterocycles. The van der Waals surface area contributed by atoms with Crippen molar-refractivity contribution < 1.29 is 9.90 Å². The van der Waals surface area contributed by atoms with Crippen LogP contribution in [0, 0.1) is 11.8 Å². The van der Waals surface area contributed by atoms with Crippen LogP contribution in [0.2, 0.25) is 0 Å². The van der Waals surface area contributed by atoms with Gasteiger partial charge in [0.2, 0.25) is 5.91 Å². The molecule has 0 aliphatic carbocycles. The van der Waals surface area contributed by atoms with Crippen molar-refractivity contribution in [2.75, 3.05) is 13.1 Å². The molecule has 1 amide bonds. The summed E-state index contributed by atoms with van der Waals surface area (Å²) >= 11 is 0. The smallest absolute Gasteiger partial charge is 0.225 e. The topological polar surface area (TPSA) is 40.5 Å². The van der Waals surface area contributed by atoms with E-state index in [9.17, 15) is 9.90 Å². The van der Waals surface area contributed by atoms with Crippen LogP contribution in [0.15, 0.2) is 30.3 Å². The van der Waals surface area contributed by atoms with Gasteiger partial charge in [-0.1, -0.05) is 44.2 Å². The molecule has 1 aromatic carbocycles. The first-order valence-electron chi connectivity index (χ1n) is 7.94. The zero-order valence-corrected chi connectivity index (χ0v) is 13.4. The maximum absolute atomic E-state index is 12.6. The highest BCUT2D eigenvalue weighted by Crippen LogP contribution is 2.27. The van der Waals surface area contributed by atoms with Gasteiger partial charge in [0.25, 0.3) is 0 Å². The van der Waals surface area contributed by atoms with Crippen molar-refractivity contribution in [3.05, 3.63) is 35.9 Å². The molecule has 1 aromatic rings. The summed E-state index contributed by atoms with van der Waals surface area (Å²) in [5.74, 6) is 1.27. The Morgan fingerprint density at radius 1 is 1.29 bits per heavy atom. The van der Waals surface area contributed by atoms with Gasteiger partial charge in [-0.05, 0) is 37.2 Å². The number of nitrogens with zero attached hydrogens (tertiary/aromatic N) is 1. The Morgan fingerprint density at radius 2 is 1.95 bits per heavy atom. The number of carbonyl (C=O) groups is 1. The average molecular weight is 289 g/mol. The third-order valence-corrected chi connectivity index (χ3v) is 4.47. The van der Waals surface area contributed by atoms with Crippen molar-refractivity contribution in [1.82, 2.24) is 4.90 Å². The Kier molecular flexibility index (Phi) is 5.04. The van der Waals surface area contributed by atoms with Crippen molar-refractivity contribution >= 4 is 5.91 Å². The SMILES string of the molecule is CC1CCN(C(=O)CC(C)(O)c2ccccc2)CC(C)C1. The number of amides is 1. The molecule has 1 fully saturated rings. The number of rotatable bonds is 3. The summed E-state index contributed by atoms with van der Waals surface area (Å²) in [4.78, 5) is 14.5. The first kappa shape index (κ1) is 16.0. The fraction of sp³-hybridized carbons (Fsp3) is 0.611. The van der Waals surface area contributed by atoms with Gasteiger partial charge in [-0.25, -0.2) is 0 Å². The molecule has 0 spiro atoms. The Bertz CT molecular complexity index is 469. The van der Waals surface area contributed by atoms with Crippen LogP contribution in [0.3, 0.4) is 0 Å². The van der Waals surface area contributed by atoms with Gasteiger partial charge in [0.05, 0.1) is 12.0 Å². The summed E-state index contributed by atoms with van der Waals surface area (Å²) in [6, 6.07) is 9.45. The summed E-state index contributed by atoms with van der Waals surface area (Å²) in [5, 5.41) is 10.6. The Hall–Kier alpha value is -1.35. The maximum Gasteiger partial charge on any atom is 0.225 e. The van der Waals surface area contributed by atoms with Gasteiger partial charge in [-0.15, -0.1) is 0 Å². The van der Waals surface area contributed by atoms with Crippen LogP contribution in [-0.4, -0.2) is 29.0 Å². The largest absolute Gasteiger partial charge is 0.385 e. The molecule has 0 aromatic heterocycles. The van der Waals surface area contributed by atoms with Crippen molar-refractivity contribution in [3.63, 3.8) is 0 Å². The predicted octanol–water partition coefficient (Wildman–Crippen LogP) is 3.18. The minimum absolute atomic E-state index is 0.0600. The highest BCUT2D eigenvalue weighted by molar-refractivity contribution is 5.77. The fourth-order valence-corrected chi connectivity index (χ4v) is 3.26. The second-order valence-electron chi connectivity index (χ2n) is 6.89. The lowest BCUT2D eigenvalue weighted by Crippen LogP contribution is -2.38. The quantitative estimate of drug-likeness (QED) is 0.928. The highest BCUT2D eigenvalue weighted by Gasteiger charge is 2.30. The normalized spacial score (nSPS) is 26.0. The minimum Gasteiger partial charge on any atom is -0.385 e. The molecule has 0 radical (unpaired) electrons. The lowest BCUT2D eigenvalue weighted by molar-refractivity contribution is -0.136. The summed E-state index contributed by atoms with van der Waals surface area (Å²) < 4.78 is 0. The molecular weight excluding hydrogens is 262 g/mol. The first-order chi connectivity index (χ1) is 9.88. The van der Waals surface area contributed by atoms with Crippen LogP contribution in [0.25, 0.3) is 0 Å². The third kappa shape index (κ3) is 4.31. The average Bonchev–Trinajstić information content (AvgIpc) is 2.60. The maximum atomic E-state index is 12.6. The highest BCUT2D eigenvalue weighted by atomic mass is 16.3. The molecule has 21 heavy (non-hydrogen) atoms. The molecule has 0 bridgehead atoms. The van der Waals surface area contributed by atoms with Crippen LogP contribution in [0.5, 0.6) is 0 Å². The van der Waals surface area contributed by atoms with Crippen molar-refractivity contribution in [2.45, 2.75) is 45.6 Å². The standard InChI is InChI=1S/C18H27NO2/c1-14-9-10-19(13-15(2)11-14)17(20)12-18(3,21)16-7-5-4-6-8-16/h4-8,14-15,21H,9-13H2,1-3H3. The van der Waals surface area contributed by atoms with Crippen LogP contribution in [-0.2, 0) is 10.4 Å². The molecule has 1 N–H and O–H groups in total.